The maximum Gasteiger partial charge on any atom is 0.137 e. The molecular formula is C15H23ClN2O. The average molecular weight is 283 g/mol. The predicted molar refractivity (Wildman–Crippen MR) is 81.5 cm³/mol. The molecule has 2 unspecified atom stereocenters. The van der Waals surface area contributed by atoms with E-state index in [0.29, 0.717) is 17.1 Å². The van der Waals surface area contributed by atoms with Crippen molar-refractivity contribution in [3.8, 4) is 5.75 Å². The second-order valence-electron chi connectivity index (χ2n) is 5.21. The molecule has 1 aliphatic rings. The van der Waals surface area contributed by atoms with Crippen LogP contribution in [0, 0.1) is 0 Å². The molecule has 1 aromatic rings. The number of piperazine rings is 1. The van der Waals surface area contributed by atoms with Gasteiger partial charge in [-0.15, -0.1) is 0 Å². The van der Waals surface area contributed by atoms with Crippen LogP contribution in [0.5, 0.6) is 5.75 Å². The summed E-state index contributed by atoms with van der Waals surface area (Å²) in [5, 5.41) is 4.29. The molecule has 0 amide bonds. The molecule has 1 fully saturated rings. The summed E-state index contributed by atoms with van der Waals surface area (Å²) in [6.45, 7) is 6.54. The molecule has 1 N–H and O–H groups in total. The summed E-state index contributed by atoms with van der Waals surface area (Å²) in [5.74, 6) is 0.735. The van der Waals surface area contributed by atoms with Gasteiger partial charge in [0, 0.05) is 30.9 Å². The van der Waals surface area contributed by atoms with Crippen LogP contribution < -0.4 is 15.0 Å². The Morgan fingerprint density at radius 2 is 2.26 bits per heavy atom. The Kier molecular flexibility index (Phi) is 4.94. The predicted octanol–water partition coefficient (Wildman–Crippen LogP) is 3.32. The number of nitrogens with zero attached hydrogens (tertiary/aromatic N) is 1. The fourth-order valence-electron chi connectivity index (χ4n) is 2.66. The van der Waals surface area contributed by atoms with Crippen LogP contribution in [0.4, 0.5) is 5.69 Å². The molecule has 1 heterocycles. The van der Waals surface area contributed by atoms with Crippen molar-refractivity contribution in [2.75, 3.05) is 25.1 Å². The van der Waals surface area contributed by atoms with Crippen LogP contribution in [0.25, 0.3) is 0 Å². The number of benzene rings is 1. The highest BCUT2D eigenvalue weighted by atomic mass is 35.5. The molecule has 19 heavy (non-hydrogen) atoms. The number of hydrogen-bond donors (Lipinski definition) is 1. The van der Waals surface area contributed by atoms with E-state index in [1.165, 1.54) is 18.5 Å². The van der Waals surface area contributed by atoms with E-state index in [-0.39, 0.29) is 0 Å². The van der Waals surface area contributed by atoms with E-state index in [1.54, 1.807) is 7.11 Å². The minimum atomic E-state index is 0.484. The van der Waals surface area contributed by atoms with Crippen LogP contribution in [0.1, 0.15) is 26.7 Å². The van der Waals surface area contributed by atoms with Gasteiger partial charge < -0.3 is 15.0 Å². The molecule has 0 bridgehead atoms. The number of methoxy groups -OCH3 is 1. The van der Waals surface area contributed by atoms with Crippen molar-refractivity contribution >= 4 is 17.3 Å². The van der Waals surface area contributed by atoms with E-state index in [2.05, 4.69) is 30.1 Å². The molecule has 3 nitrogen and oxygen atoms in total. The average Bonchev–Trinajstić information content (AvgIpc) is 2.41. The monoisotopic (exact) mass is 282 g/mol. The Balaban J connectivity index is 2.16. The minimum Gasteiger partial charge on any atom is -0.495 e. The van der Waals surface area contributed by atoms with Crippen LogP contribution >= 0.6 is 11.6 Å². The van der Waals surface area contributed by atoms with Crippen LogP contribution in [0.15, 0.2) is 18.2 Å². The molecule has 0 spiro atoms. The lowest BCUT2D eigenvalue weighted by Gasteiger charge is -2.40. The minimum absolute atomic E-state index is 0.484. The second kappa shape index (κ2) is 6.49. The molecule has 2 atom stereocenters. The van der Waals surface area contributed by atoms with Gasteiger partial charge >= 0.3 is 0 Å². The zero-order chi connectivity index (χ0) is 13.8. The summed E-state index contributed by atoms with van der Waals surface area (Å²) in [7, 11) is 1.64. The first-order chi connectivity index (χ1) is 9.15. The molecule has 4 heteroatoms. The maximum atomic E-state index is 6.23. The maximum absolute atomic E-state index is 6.23. The van der Waals surface area contributed by atoms with Gasteiger partial charge in [-0.05, 0) is 31.5 Å². The van der Waals surface area contributed by atoms with Crippen molar-refractivity contribution in [2.45, 2.75) is 38.8 Å². The third-order valence-corrected chi connectivity index (χ3v) is 4.05. The molecule has 0 aliphatic carbocycles. The number of ether oxygens (including phenoxy) is 1. The Bertz CT molecular complexity index is 425. The number of nitrogens with one attached hydrogen (secondary N) is 1. The van der Waals surface area contributed by atoms with Crippen LogP contribution in [-0.2, 0) is 0 Å². The first kappa shape index (κ1) is 14.5. The van der Waals surface area contributed by atoms with Crippen molar-refractivity contribution in [1.29, 1.82) is 0 Å². The van der Waals surface area contributed by atoms with Gasteiger partial charge in [0.15, 0.2) is 0 Å². The Morgan fingerprint density at radius 1 is 1.47 bits per heavy atom. The molecule has 2 rings (SSSR count). The Labute approximate surface area is 120 Å². The topological polar surface area (TPSA) is 24.5 Å². The van der Waals surface area contributed by atoms with Gasteiger partial charge in [0.25, 0.3) is 0 Å². The normalized spacial score (nSPS) is 23.5. The molecule has 106 valence electrons. The highest BCUT2D eigenvalue weighted by molar-refractivity contribution is 6.32. The zero-order valence-corrected chi connectivity index (χ0v) is 12.7. The van der Waals surface area contributed by atoms with Crippen molar-refractivity contribution in [1.82, 2.24) is 5.32 Å². The second-order valence-corrected chi connectivity index (χ2v) is 5.62. The molecule has 1 aromatic carbocycles. The van der Waals surface area contributed by atoms with Crippen molar-refractivity contribution < 1.29 is 4.74 Å². The third kappa shape index (κ3) is 3.34. The largest absolute Gasteiger partial charge is 0.495 e. The number of rotatable bonds is 4. The van der Waals surface area contributed by atoms with E-state index in [1.807, 2.05) is 12.1 Å². The van der Waals surface area contributed by atoms with E-state index < -0.39 is 0 Å². The standard InChI is InChI=1S/C15H23ClN2O/c1-4-5-12-10-18(11(2)9-17-12)13-6-7-15(19-3)14(16)8-13/h6-8,11-12,17H,4-5,9-10H2,1-3H3. The van der Waals surface area contributed by atoms with Crippen molar-refractivity contribution in [3.63, 3.8) is 0 Å². The highest BCUT2D eigenvalue weighted by Gasteiger charge is 2.24. The van der Waals surface area contributed by atoms with E-state index in [9.17, 15) is 0 Å². The molecule has 0 radical (unpaired) electrons. The first-order valence-corrected chi connectivity index (χ1v) is 7.37. The molecule has 0 aromatic heterocycles. The number of anilines is 1. The van der Waals surface area contributed by atoms with E-state index in [0.717, 1.165) is 18.8 Å². The van der Waals surface area contributed by atoms with Gasteiger partial charge in [-0.2, -0.15) is 0 Å². The zero-order valence-electron chi connectivity index (χ0n) is 11.9. The third-order valence-electron chi connectivity index (χ3n) is 3.76. The summed E-state index contributed by atoms with van der Waals surface area (Å²) in [6, 6.07) is 7.10. The lowest BCUT2D eigenvalue weighted by atomic mass is 10.0. The smallest absolute Gasteiger partial charge is 0.137 e. The lowest BCUT2D eigenvalue weighted by Crippen LogP contribution is -2.55. The first-order valence-electron chi connectivity index (χ1n) is 6.99. The number of halogens is 1. The summed E-state index contributed by atoms with van der Waals surface area (Å²) in [4.78, 5) is 2.43. The molecule has 1 aliphatic heterocycles. The Morgan fingerprint density at radius 3 is 2.89 bits per heavy atom. The van der Waals surface area contributed by atoms with Crippen molar-refractivity contribution in [2.24, 2.45) is 0 Å². The Hall–Kier alpha value is -0.930. The van der Waals surface area contributed by atoms with Gasteiger partial charge in [0.05, 0.1) is 12.1 Å². The van der Waals surface area contributed by atoms with Gasteiger partial charge in [-0.3, -0.25) is 0 Å². The fourth-order valence-corrected chi connectivity index (χ4v) is 2.92. The lowest BCUT2D eigenvalue weighted by molar-refractivity contribution is 0.386. The van der Waals surface area contributed by atoms with Gasteiger partial charge in [0.2, 0.25) is 0 Å². The molecule has 1 saturated heterocycles. The summed E-state index contributed by atoms with van der Waals surface area (Å²) in [5.41, 5.74) is 1.18. The summed E-state index contributed by atoms with van der Waals surface area (Å²) >= 11 is 6.23. The van der Waals surface area contributed by atoms with Crippen molar-refractivity contribution in [3.05, 3.63) is 23.2 Å². The van der Waals surface area contributed by atoms with Crippen LogP contribution in [0.2, 0.25) is 5.02 Å². The SMILES string of the molecule is CCCC1CN(c2ccc(OC)c(Cl)c2)C(C)CN1. The molecule has 0 saturated carbocycles. The van der Waals surface area contributed by atoms with Crippen LogP contribution in [-0.4, -0.2) is 32.3 Å². The highest BCUT2D eigenvalue weighted by Crippen LogP contribution is 2.30. The van der Waals surface area contributed by atoms with Gasteiger partial charge in [0.1, 0.15) is 5.75 Å². The fraction of sp³-hybridized carbons (Fsp3) is 0.600. The van der Waals surface area contributed by atoms with Crippen LogP contribution in [0.3, 0.4) is 0 Å². The summed E-state index contributed by atoms with van der Waals surface area (Å²) in [6.07, 6.45) is 2.43. The molecular weight excluding hydrogens is 260 g/mol. The van der Waals surface area contributed by atoms with E-state index >= 15 is 0 Å². The summed E-state index contributed by atoms with van der Waals surface area (Å²) < 4.78 is 5.21. The number of hydrogen-bond acceptors (Lipinski definition) is 3. The van der Waals surface area contributed by atoms with E-state index in [4.69, 9.17) is 16.3 Å². The quantitative estimate of drug-likeness (QED) is 0.917. The van der Waals surface area contributed by atoms with Gasteiger partial charge in [-0.25, -0.2) is 0 Å². The van der Waals surface area contributed by atoms with Gasteiger partial charge in [-0.1, -0.05) is 24.9 Å².